The number of hydrogen-bond donors (Lipinski definition) is 1. The molecule has 1 nitrogen and oxygen atoms in total. The lowest BCUT2D eigenvalue weighted by molar-refractivity contribution is 0.187. The van der Waals surface area contributed by atoms with Crippen LogP contribution in [0.1, 0.15) is 50.5 Å². The van der Waals surface area contributed by atoms with Gasteiger partial charge in [-0.25, -0.2) is 0 Å². The third kappa shape index (κ3) is 2.50. The lowest BCUT2D eigenvalue weighted by atomic mass is 9.74. The highest BCUT2D eigenvalue weighted by atomic mass is 79.9. The molecule has 0 heterocycles. The van der Waals surface area contributed by atoms with Gasteiger partial charge in [0.15, 0.2) is 0 Å². The van der Waals surface area contributed by atoms with Gasteiger partial charge in [-0.15, -0.1) is 0 Å². The molecule has 0 bridgehead atoms. The van der Waals surface area contributed by atoms with Crippen molar-refractivity contribution in [2.24, 2.45) is 5.92 Å². The SMILES string of the molecule is CC(NC1CC(c2ccccc2Br)C1)C1CCC1. The van der Waals surface area contributed by atoms with Crippen molar-refractivity contribution in [3.05, 3.63) is 34.3 Å². The van der Waals surface area contributed by atoms with Crippen LogP contribution in [-0.2, 0) is 0 Å². The zero-order chi connectivity index (χ0) is 12.5. The van der Waals surface area contributed by atoms with E-state index in [2.05, 4.69) is 52.4 Å². The lowest BCUT2D eigenvalue weighted by Gasteiger charge is -2.42. The first-order valence-corrected chi connectivity index (χ1v) is 8.04. The van der Waals surface area contributed by atoms with Crippen LogP contribution in [0.4, 0.5) is 0 Å². The van der Waals surface area contributed by atoms with Gasteiger partial charge in [0.1, 0.15) is 0 Å². The summed E-state index contributed by atoms with van der Waals surface area (Å²) in [6, 6.07) is 10.1. The van der Waals surface area contributed by atoms with Gasteiger partial charge in [-0.2, -0.15) is 0 Å². The second-order valence-electron chi connectivity index (χ2n) is 6.03. The van der Waals surface area contributed by atoms with E-state index in [-0.39, 0.29) is 0 Å². The number of halogens is 1. The summed E-state index contributed by atoms with van der Waals surface area (Å²) in [4.78, 5) is 0. The van der Waals surface area contributed by atoms with E-state index in [1.807, 2.05) is 0 Å². The van der Waals surface area contributed by atoms with E-state index in [0.29, 0.717) is 0 Å². The molecule has 0 spiro atoms. The molecule has 2 aliphatic carbocycles. The maximum atomic E-state index is 3.82. The maximum absolute atomic E-state index is 3.82. The Morgan fingerprint density at radius 3 is 2.56 bits per heavy atom. The van der Waals surface area contributed by atoms with E-state index in [0.717, 1.165) is 23.9 Å². The highest BCUT2D eigenvalue weighted by molar-refractivity contribution is 9.10. The number of benzene rings is 1. The summed E-state index contributed by atoms with van der Waals surface area (Å²) in [5, 5.41) is 3.82. The van der Waals surface area contributed by atoms with Gasteiger partial charge < -0.3 is 5.32 Å². The van der Waals surface area contributed by atoms with Crippen molar-refractivity contribution in [2.45, 2.75) is 57.0 Å². The minimum Gasteiger partial charge on any atom is -0.311 e. The largest absolute Gasteiger partial charge is 0.311 e. The van der Waals surface area contributed by atoms with Crippen LogP contribution in [0.3, 0.4) is 0 Å². The molecule has 98 valence electrons. The van der Waals surface area contributed by atoms with Crippen molar-refractivity contribution in [1.29, 1.82) is 0 Å². The third-order valence-electron chi connectivity index (χ3n) is 4.84. The fourth-order valence-corrected chi connectivity index (χ4v) is 3.87. The van der Waals surface area contributed by atoms with Crippen LogP contribution < -0.4 is 5.32 Å². The van der Waals surface area contributed by atoms with Crippen molar-refractivity contribution in [1.82, 2.24) is 5.32 Å². The summed E-state index contributed by atoms with van der Waals surface area (Å²) < 4.78 is 1.28. The van der Waals surface area contributed by atoms with Gasteiger partial charge in [-0.05, 0) is 56.1 Å². The molecule has 2 saturated carbocycles. The second kappa shape index (κ2) is 5.34. The summed E-state index contributed by atoms with van der Waals surface area (Å²) in [5.74, 6) is 1.71. The van der Waals surface area contributed by atoms with Gasteiger partial charge in [0, 0.05) is 16.6 Å². The van der Waals surface area contributed by atoms with Crippen LogP contribution in [0.25, 0.3) is 0 Å². The van der Waals surface area contributed by atoms with Crippen LogP contribution >= 0.6 is 15.9 Å². The Bertz CT molecular complexity index is 407. The van der Waals surface area contributed by atoms with E-state index in [4.69, 9.17) is 0 Å². The molecular weight excluding hydrogens is 286 g/mol. The molecule has 2 aliphatic rings. The molecule has 0 amide bonds. The minimum atomic E-state index is 0.726. The van der Waals surface area contributed by atoms with Crippen molar-refractivity contribution in [2.75, 3.05) is 0 Å². The first-order valence-electron chi connectivity index (χ1n) is 7.24. The van der Waals surface area contributed by atoms with Crippen molar-refractivity contribution >= 4 is 15.9 Å². The molecule has 0 radical (unpaired) electrons. The van der Waals surface area contributed by atoms with Gasteiger partial charge in [0.25, 0.3) is 0 Å². The molecule has 1 unspecified atom stereocenters. The summed E-state index contributed by atoms with van der Waals surface area (Å²) in [6.07, 6.45) is 6.93. The Morgan fingerprint density at radius 2 is 1.94 bits per heavy atom. The minimum absolute atomic E-state index is 0.726. The third-order valence-corrected chi connectivity index (χ3v) is 5.56. The van der Waals surface area contributed by atoms with Gasteiger partial charge in [-0.1, -0.05) is 40.5 Å². The zero-order valence-corrected chi connectivity index (χ0v) is 12.6. The Hall–Kier alpha value is -0.340. The number of hydrogen-bond acceptors (Lipinski definition) is 1. The average Bonchev–Trinajstić information content (AvgIpc) is 2.22. The van der Waals surface area contributed by atoms with Gasteiger partial charge in [-0.3, -0.25) is 0 Å². The predicted molar refractivity (Wildman–Crippen MR) is 79.8 cm³/mol. The Morgan fingerprint density at radius 1 is 1.22 bits per heavy atom. The number of nitrogens with one attached hydrogen (secondary N) is 1. The monoisotopic (exact) mass is 307 g/mol. The van der Waals surface area contributed by atoms with Crippen molar-refractivity contribution in [3.8, 4) is 0 Å². The zero-order valence-electron chi connectivity index (χ0n) is 11.0. The van der Waals surface area contributed by atoms with Gasteiger partial charge in [0.2, 0.25) is 0 Å². The number of rotatable bonds is 4. The van der Waals surface area contributed by atoms with Crippen LogP contribution in [0.15, 0.2) is 28.7 Å². The molecule has 0 aromatic heterocycles. The lowest BCUT2D eigenvalue weighted by Crippen LogP contribution is -2.48. The first-order chi connectivity index (χ1) is 8.74. The topological polar surface area (TPSA) is 12.0 Å². The van der Waals surface area contributed by atoms with Gasteiger partial charge in [0.05, 0.1) is 0 Å². The highest BCUT2D eigenvalue weighted by Gasteiger charge is 2.34. The quantitative estimate of drug-likeness (QED) is 0.865. The summed E-state index contributed by atoms with van der Waals surface area (Å²) >= 11 is 3.67. The van der Waals surface area contributed by atoms with E-state index >= 15 is 0 Å². The van der Waals surface area contributed by atoms with Crippen LogP contribution in [0, 0.1) is 5.92 Å². The van der Waals surface area contributed by atoms with E-state index < -0.39 is 0 Å². The van der Waals surface area contributed by atoms with Crippen LogP contribution in [0.2, 0.25) is 0 Å². The van der Waals surface area contributed by atoms with E-state index in [1.165, 1.54) is 42.1 Å². The molecule has 0 saturated heterocycles. The first kappa shape index (κ1) is 12.7. The van der Waals surface area contributed by atoms with Gasteiger partial charge >= 0.3 is 0 Å². The van der Waals surface area contributed by atoms with Crippen molar-refractivity contribution in [3.63, 3.8) is 0 Å². The summed E-state index contributed by atoms with van der Waals surface area (Å²) in [7, 11) is 0. The summed E-state index contributed by atoms with van der Waals surface area (Å²) in [6.45, 7) is 2.37. The molecular formula is C16H22BrN. The molecule has 3 rings (SSSR count). The molecule has 1 aromatic rings. The van der Waals surface area contributed by atoms with Crippen molar-refractivity contribution < 1.29 is 0 Å². The molecule has 0 aliphatic heterocycles. The van der Waals surface area contributed by atoms with E-state index in [1.54, 1.807) is 0 Å². The normalized spacial score (nSPS) is 29.4. The molecule has 1 N–H and O–H groups in total. The smallest absolute Gasteiger partial charge is 0.0210 e. The fraction of sp³-hybridized carbons (Fsp3) is 0.625. The molecule has 18 heavy (non-hydrogen) atoms. The predicted octanol–water partition coefficient (Wildman–Crippen LogP) is 4.47. The van der Waals surface area contributed by atoms with Crippen LogP contribution in [-0.4, -0.2) is 12.1 Å². The second-order valence-corrected chi connectivity index (χ2v) is 6.89. The Balaban J connectivity index is 1.49. The summed E-state index contributed by atoms with van der Waals surface area (Å²) in [5.41, 5.74) is 1.49. The fourth-order valence-electron chi connectivity index (χ4n) is 3.26. The van der Waals surface area contributed by atoms with Crippen LogP contribution in [0.5, 0.6) is 0 Å². The van der Waals surface area contributed by atoms with E-state index in [9.17, 15) is 0 Å². The molecule has 1 atom stereocenters. The average molecular weight is 308 g/mol. The standard InChI is InChI=1S/C16H22BrN/c1-11(12-5-4-6-12)18-14-9-13(10-14)15-7-2-3-8-16(15)17/h2-3,7-8,11-14,18H,4-6,9-10H2,1H3. The molecule has 1 aromatic carbocycles. The molecule has 2 heteroatoms. The molecule has 2 fully saturated rings. The Labute approximate surface area is 118 Å². The maximum Gasteiger partial charge on any atom is 0.0210 e. The Kier molecular flexibility index (Phi) is 3.76. The highest BCUT2D eigenvalue weighted by Crippen LogP contribution is 2.41.